The molecule has 1 aliphatic heterocycles. The fourth-order valence-electron chi connectivity index (χ4n) is 2.83. The number of thioether (sulfide) groups is 1. The molecule has 2 amide bonds. The van der Waals surface area contributed by atoms with Gasteiger partial charge < -0.3 is 9.47 Å². The van der Waals surface area contributed by atoms with Crippen LogP contribution in [0.4, 0.5) is 4.79 Å². The highest BCUT2D eigenvalue weighted by Crippen LogP contribution is 2.39. The zero-order valence-electron chi connectivity index (χ0n) is 16.2. The maximum absolute atomic E-state index is 12.8. The molecule has 0 aromatic heterocycles. The molecule has 1 aliphatic rings. The zero-order valence-corrected chi connectivity index (χ0v) is 19.3. The van der Waals surface area contributed by atoms with Crippen LogP contribution in [0.25, 0.3) is 6.08 Å². The summed E-state index contributed by atoms with van der Waals surface area (Å²) in [6.07, 6.45) is 1.61. The van der Waals surface area contributed by atoms with E-state index in [1.807, 2.05) is 13.8 Å². The number of amides is 2. The lowest BCUT2D eigenvalue weighted by Crippen LogP contribution is -2.27. The summed E-state index contributed by atoms with van der Waals surface area (Å²) in [6, 6.07) is 8.32. The molecule has 0 unspecified atom stereocenters. The number of carbonyl (C=O) groups is 2. The summed E-state index contributed by atoms with van der Waals surface area (Å²) < 4.78 is 11.2. The third-order valence-corrected chi connectivity index (χ3v) is 5.91. The number of nitrogens with zero attached hydrogens (tertiary/aromatic N) is 1. The van der Waals surface area contributed by atoms with Crippen LogP contribution in [0.2, 0.25) is 15.1 Å². The minimum Gasteiger partial charge on any atom is -0.490 e. The van der Waals surface area contributed by atoms with E-state index in [-0.39, 0.29) is 16.7 Å². The summed E-state index contributed by atoms with van der Waals surface area (Å²) in [4.78, 5) is 26.7. The molecule has 0 spiro atoms. The Kier molecular flexibility index (Phi) is 7.58. The van der Waals surface area contributed by atoms with Gasteiger partial charge >= 0.3 is 0 Å². The molecule has 0 saturated carbocycles. The van der Waals surface area contributed by atoms with E-state index in [4.69, 9.17) is 44.3 Å². The van der Waals surface area contributed by atoms with Gasteiger partial charge in [0.15, 0.2) is 11.5 Å². The Hall–Kier alpha value is -1.86. The smallest absolute Gasteiger partial charge is 0.293 e. The number of hydrogen-bond acceptors (Lipinski definition) is 5. The number of hydrogen-bond donors (Lipinski definition) is 0. The second kappa shape index (κ2) is 9.96. The summed E-state index contributed by atoms with van der Waals surface area (Å²) in [5, 5.41) is 0.862. The average Bonchev–Trinajstić information content (AvgIpc) is 2.94. The molecule has 0 N–H and O–H groups in total. The third kappa shape index (κ3) is 5.06. The molecule has 9 heteroatoms. The van der Waals surface area contributed by atoms with Gasteiger partial charge in [0, 0.05) is 10.0 Å². The monoisotopic (exact) mass is 485 g/mol. The number of halogens is 3. The maximum atomic E-state index is 12.8. The quantitative estimate of drug-likeness (QED) is 0.409. The summed E-state index contributed by atoms with van der Waals surface area (Å²) in [7, 11) is 0. The normalized spacial score (nSPS) is 15.2. The van der Waals surface area contributed by atoms with E-state index >= 15 is 0 Å². The third-order valence-electron chi connectivity index (χ3n) is 4.14. The van der Waals surface area contributed by atoms with E-state index in [9.17, 15) is 9.59 Å². The lowest BCUT2D eigenvalue weighted by atomic mass is 10.1. The lowest BCUT2D eigenvalue weighted by Gasteiger charge is -2.14. The highest BCUT2D eigenvalue weighted by molar-refractivity contribution is 8.18. The Morgan fingerprint density at radius 1 is 1.00 bits per heavy atom. The van der Waals surface area contributed by atoms with Gasteiger partial charge in [-0.3, -0.25) is 14.5 Å². The molecule has 1 fully saturated rings. The first kappa shape index (κ1) is 22.8. The Bertz CT molecular complexity index is 1030. The first-order valence-electron chi connectivity index (χ1n) is 9.12. The predicted octanol–water partition coefficient (Wildman–Crippen LogP) is 6.68. The molecule has 5 nitrogen and oxygen atoms in total. The van der Waals surface area contributed by atoms with Crippen molar-refractivity contribution in [3.63, 3.8) is 0 Å². The van der Waals surface area contributed by atoms with Crippen molar-refractivity contribution < 1.29 is 19.1 Å². The fourth-order valence-corrected chi connectivity index (χ4v) is 4.41. The van der Waals surface area contributed by atoms with Crippen LogP contribution >= 0.6 is 46.6 Å². The van der Waals surface area contributed by atoms with E-state index in [1.54, 1.807) is 36.4 Å². The van der Waals surface area contributed by atoms with E-state index in [0.717, 1.165) is 16.7 Å². The molecule has 2 aromatic carbocycles. The van der Waals surface area contributed by atoms with Crippen molar-refractivity contribution in [3.05, 3.63) is 61.4 Å². The van der Waals surface area contributed by atoms with Gasteiger partial charge in [-0.05, 0) is 67.1 Å². The number of benzene rings is 2. The molecule has 30 heavy (non-hydrogen) atoms. The molecule has 1 saturated heterocycles. The van der Waals surface area contributed by atoms with Crippen LogP contribution in [-0.2, 0) is 11.3 Å². The van der Waals surface area contributed by atoms with Gasteiger partial charge in [0.25, 0.3) is 11.1 Å². The van der Waals surface area contributed by atoms with Crippen molar-refractivity contribution in [1.82, 2.24) is 4.90 Å². The average molecular weight is 487 g/mol. The number of rotatable bonds is 7. The van der Waals surface area contributed by atoms with Gasteiger partial charge in [0.2, 0.25) is 0 Å². The Balaban J connectivity index is 1.88. The summed E-state index contributed by atoms with van der Waals surface area (Å²) >= 11 is 19.3. The standard InChI is InChI=1S/C21H18Cl3NO4S/c1-3-28-17-8-12(7-16(24)19(17)29-4-2)9-18-20(26)25(21(27)30-18)11-13-5-6-14(22)10-15(13)23/h5-10H,3-4,11H2,1-2H3/b18-9-. The van der Waals surface area contributed by atoms with E-state index in [2.05, 4.69) is 0 Å². The lowest BCUT2D eigenvalue weighted by molar-refractivity contribution is -0.123. The Morgan fingerprint density at radius 3 is 2.40 bits per heavy atom. The first-order chi connectivity index (χ1) is 14.3. The van der Waals surface area contributed by atoms with Crippen molar-refractivity contribution in [1.29, 1.82) is 0 Å². The second-order valence-electron chi connectivity index (χ2n) is 6.20. The molecule has 0 aliphatic carbocycles. The minimum atomic E-state index is -0.404. The number of imide groups is 1. The zero-order chi connectivity index (χ0) is 21.8. The molecule has 158 valence electrons. The van der Waals surface area contributed by atoms with E-state index in [1.165, 1.54) is 0 Å². The first-order valence-corrected chi connectivity index (χ1v) is 11.1. The molecule has 1 heterocycles. The molecule has 2 aromatic rings. The Morgan fingerprint density at radius 2 is 1.73 bits per heavy atom. The Labute approximate surface area is 193 Å². The number of carbonyl (C=O) groups excluding carboxylic acids is 2. The van der Waals surface area contributed by atoms with Crippen LogP contribution in [0.1, 0.15) is 25.0 Å². The number of ether oxygens (including phenoxy) is 2. The van der Waals surface area contributed by atoms with Gasteiger partial charge in [-0.1, -0.05) is 40.9 Å². The molecule has 3 rings (SSSR count). The van der Waals surface area contributed by atoms with Gasteiger partial charge in [-0.25, -0.2) is 0 Å². The van der Waals surface area contributed by atoms with E-state index in [0.29, 0.717) is 50.9 Å². The molecule has 0 bridgehead atoms. The van der Waals surface area contributed by atoms with Crippen LogP contribution in [0, 0.1) is 0 Å². The molecular formula is C21H18Cl3NO4S. The SMILES string of the molecule is CCOc1cc(/C=C2\SC(=O)N(Cc3ccc(Cl)cc3Cl)C2=O)cc(Cl)c1OCC. The minimum absolute atomic E-state index is 0.0617. The molecule has 0 atom stereocenters. The van der Waals surface area contributed by atoms with Crippen LogP contribution in [-0.4, -0.2) is 29.3 Å². The second-order valence-corrected chi connectivity index (χ2v) is 8.44. The summed E-state index contributed by atoms with van der Waals surface area (Å²) in [5.74, 6) is 0.521. The van der Waals surface area contributed by atoms with Crippen LogP contribution in [0.15, 0.2) is 35.2 Å². The van der Waals surface area contributed by atoms with Crippen LogP contribution in [0.3, 0.4) is 0 Å². The summed E-state index contributed by atoms with van der Waals surface area (Å²) in [6.45, 7) is 4.63. The van der Waals surface area contributed by atoms with Gasteiger partial charge in [-0.15, -0.1) is 0 Å². The molecule has 0 radical (unpaired) electrons. The fraction of sp³-hybridized carbons (Fsp3) is 0.238. The van der Waals surface area contributed by atoms with Crippen molar-refractivity contribution in [2.75, 3.05) is 13.2 Å². The van der Waals surface area contributed by atoms with Gasteiger partial charge in [0.05, 0.1) is 29.7 Å². The highest BCUT2D eigenvalue weighted by Gasteiger charge is 2.35. The predicted molar refractivity (Wildman–Crippen MR) is 122 cm³/mol. The maximum Gasteiger partial charge on any atom is 0.293 e. The summed E-state index contributed by atoms with van der Waals surface area (Å²) in [5.41, 5.74) is 1.26. The van der Waals surface area contributed by atoms with Crippen molar-refractivity contribution in [2.45, 2.75) is 20.4 Å². The van der Waals surface area contributed by atoms with Crippen LogP contribution in [0.5, 0.6) is 11.5 Å². The highest BCUT2D eigenvalue weighted by atomic mass is 35.5. The van der Waals surface area contributed by atoms with Gasteiger partial charge in [0.1, 0.15) is 0 Å². The molecular weight excluding hydrogens is 469 g/mol. The van der Waals surface area contributed by atoms with Crippen molar-refractivity contribution in [3.8, 4) is 11.5 Å². The topological polar surface area (TPSA) is 55.8 Å². The van der Waals surface area contributed by atoms with Crippen LogP contribution < -0.4 is 9.47 Å². The largest absolute Gasteiger partial charge is 0.490 e. The van der Waals surface area contributed by atoms with Gasteiger partial charge in [-0.2, -0.15) is 0 Å². The van der Waals surface area contributed by atoms with E-state index < -0.39 is 5.91 Å². The van der Waals surface area contributed by atoms with Crippen molar-refractivity contribution >= 4 is 63.8 Å². The van der Waals surface area contributed by atoms with Crippen molar-refractivity contribution in [2.24, 2.45) is 0 Å².